The van der Waals surface area contributed by atoms with E-state index < -0.39 is 9.84 Å². The van der Waals surface area contributed by atoms with Crippen LogP contribution >= 0.6 is 0 Å². The lowest BCUT2D eigenvalue weighted by atomic mass is 10.2. The molecule has 1 unspecified atom stereocenters. The fraction of sp³-hybridized carbons (Fsp3) is 0.353. The molecule has 1 fully saturated rings. The Morgan fingerprint density at radius 2 is 2.08 bits per heavy atom. The molecule has 1 saturated heterocycles. The maximum absolute atomic E-state index is 11.8. The number of aromatic nitrogens is 5. The summed E-state index contributed by atoms with van der Waals surface area (Å²) in [5.41, 5.74) is 3.66. The second-order valence-corrected chi connectivity index (χ2v) is 8.61. The van der Waals surface area contributed by atoms with E-state index in [-0.39, 0.29) is 17.5 Å². The van der Waals surface area contributed by atoms with E-state index in [9.17, 15) is 8.42 Å². The van der Waals surface area contributed by atoms with Crippen molar-refractivity contribution in [3.63, 3.8) is 0 Å². The lowest BCUT2D eigenvalue weighted by Gasteiger charge is -2.12. The van der Waals surface area contributed by atoms with Gasteiger partial charge in [0.2, 0.25) is 0 Å². The Balaban J connectivity index is 1.80. The molecule has 0 aromatic carbocycles. The summed E-state index contributed by atoms with van der Waals surface area (Å²) in [5, 5.41) is 4.64. The predicted molar refractivity (Wildman–Crippen MR) is 94.4 cm³/mol. The molecule has 130 valence electrons. The van der Waals surface area contributed by atoms with Gasteiger partial charge in [0.1, 0.15) is 5.82 Å². The SMILES string of the molecule is Cc1nn(C2CCS(=O)(=O)C2)c(C)c1-n1ccnc1-c1cccnc1. The van der Waals surface area contributed by atoms with Crippen molar-refractivity contribution in [2.24, 2.45) is 0 Å². The van der Waals surface area contributed by atoms with Crippen LogP contribution in [0.4, 0.5) is 0 Å². The lowest BCUT2D eigenvalue weighted by molar-refractivity contribution is 0.486. The summed E-state index contributed by atoms with van der Waals surface area (Å²) in [6.45, 7) is 3.92. The van der Waals surface area contributed by atoms with Gasteiger partial charge in [0.15, 0.2) is 9.84 Å². The average molecular weight is 357 g/mol. The van der Waals surface area contributed by atoms with E-state index in [1.165, 1.54) is 0 Å². The minimum atomic E-state index is -2.96. The van der Waals surface area contributed by atoms with Crippen LogP contribution < -0.4 is 0 Å². The summed E-state index contributed by atoms with van der Waals surface area (Å²) in [4.78, 5) is 8.63. The average Bonchev–Trinajstić information content (AvgIpc) is 3.26. The normalized spacial score (nSPS) is 19.4. The van der Waals surface area contributed by atoms with Crippen molar-refractivity contribution < 1.29 is 8.42 Å². The molecule has 7 nitrogen and oxygen atoms in total. The zero-order valence-electron chi connectivity index (χ0n) is 14.1. The molecule has 0 amide bonds. The molecule has 4 heterocycles. The van der Waals surface area contributed by atoms with Crippen LogP contribution in [-0.2, 0) is 9.84 Å². The van der Waals surface area contributed by atoms with Gasteiger partial charge in [0.25, 0.3) is 0 Å². The first-order valence-electron chi connectivity index (χ1n) is 8.16. The van der Waals surface area contributed by atoms with Crippen LogP contribution in [0.25, 0.3) is 17.1 Å². The summed E-state index contributed by atoms with van der Waals surface area (Å²) in [6, 6.07) is 3.74. The molecular weight excluding hydrogens is 338 g/mol. The Hall–Kier alpha value is -2.48. The van der Waals surface area contributed by atoms with Crippen LogP contribution in [0.5, 0.6) is 0 Å². The summed E-state index contributed by atoms with van der Waals surface area (Å²) < 4.78 is 27.5. The van der Waals surface area contributed by atoms with E-state index in [0.717, 1.165) is 28.5 Å². The Labute approximate surface area is 146 Å². The Morgan fingerprint density at radius 3 is 2.76 bits per heavy atom. The molecule has 0 radical (unpaired) electrons. The van der Waals surface area contributed by atoms with Gasteiger partial charge in [0.05, 0.1) is 34.6 Å². The van der Waals surface area contributed by atoms with E-state index in [1.54, 1.807) is 18.6 Å². The minimum absolute atomic E-state index is 0.0946. The first-order valence-corrected chi connectivity index (χ1v) is 9.98. The van der Waals surface area contributed by atoms with Crippen LogP contribution in [0.2, 0.25) is 0 Å². The molecular formula is C17H19N5O2S. The van der Waals surface area contributed by atoms with Crippen LogP contribution in [0.15, 0.2) is 36.9 Å². The first-order chi connectivity index (χ1) is 12.0. The highest BCUT2D eigenvalue weighted by atomic mass is 32.2. The molecule has 3 aromatic heterocycles. The van der Waals surface area contributed by atoms with Gasteiger partial charge in [-0.2, -0.15) is 5.10 Å². The van der Waals surface area contributed by atoms with Crippen LogP contribution in [0.1, 0.15) is 23.9 Å². The number of hydrogen-bond acceptors (Lipinski definition) is 5. The van der Waals surface area contributed by atoms with Gasteiger partial charge in [-0.15, -0.1) is 0 Å². The number of aryl methyl sites for hydroxylation is 1. The third-order valence-electron chi connectivity index (χ3n) is 4.64. The third-order valence-corrected chi connectivity index (χ3v) is 6.39. The zero-order chi connectivity index (χ0) is 17.6. The summed E-state index contributed by atoms with van der Waals surface area (Å²) in [6.07, 6.45) is 7.76. The summed E-state index contributed by atoms with van der Waals surface area (Å²) >= 11 is 0. The third kappa shape index (κ3) is 2.76. The Morgan fingerprint density at radius 1 is 1.24 bits per heavy atom. The number of hydrogen-bond donors (Lipinski definition) is 0. The lowest BCUT2D eigenvalue weighted by Crippen LogP contribution is -2.14. The molecule has 1 aliphatic heterocycles. The molecule has 0 aliphatic carbocycles. The van der Waals surface area contributed by atoms with E-state index in [2.05, 4.69) is 15.1 Å². The van der Waals surface area contributed by atoms with Gasteiger partial charge in [-0.1, -0.05) is 0 Å². The molecule has 8 heteroatoms. The maximum atomic E-state index is 11.8. The van der Waals surface area contributed by atoms with E-state index in [4.69, 9.17) is 0 Å². The molecule has 25 heavy (non-hydrogen) atoms. The molecule has 0 saturated carbocycles. The van der Waals surface area contributed by atoms with E-state index in [0.29, 0.717) is 6.42 Å². The standard InChI is InChI=1S/C17H19N5O2S/c1-12-16(13(2)22(20-12)15-5-9-25(23,24)11-15)21-8-7-19-17(21)14-4-3-6-18-10-14/h3-4,6-8,10,15H,5,9,11H2,1-2H3. The van der Waals surface area contributed by atoms with Crippen molar-refractivity contribution in [3.8, 4) is 17.1 Å². The second-order valence-electron chi connectivity index (χ2n) is 6.38. The molecule has 4 rings (SSSR count). The topological polar surface area (TPSA) is 82.7 Å². The number of pyridine rings is 1. The summed E-state index contributed by atoms with van der Waals surface area (Å²) in [7, 11) is -2.96. The van der Waals surface area contributed by atoms with Gasteiger partial charge in [-0.25, -0.2) is 13.4 Å². The molecule has 0 bridgehead atoms. The monoisotopic (exact) mass is 357 g/mol. The van der Waals surface area contributed by atoms with E-state index in [1.807, 2.05) is 41.4 Å². The maximum Gasteiger partial charge on any atom is 0.152 e. The highest BCUT2D eigenvalue weighted by Crippen LogP contribution is 2.30. The van der Waals surface area contributed by atoms with Crippen LogP contribution in [0.3, 0.4) is 0 Å². The van der Waals surface area contributed by atoms with Crippen molar-refractivity contribution in [1.82, 2.24) is 24.3 Å². The van der Waals surface area contributed by atoms with Crippen molar-refractivity contribution in [1.29, 1.82) is 0 Å². The fourth-order valence-corrected chi connectivity index (χ4v) is 5.21. The van der Waals surface area contributed by atoms with Crippen molar-refractivity contribution >= 4 is 9.84 Å². The highest BCUT2D eigenvalue weighted by molar-refractivity contribution is 7.91. The van der Waals surface area contributed by atoms with Crippen LogP contribution in [-0.4, -0.2) is 44.2 Å². The first kappa shape index (κ1) is 16.0. The highest BCUT2D eigenvalue weighted by Gasteiger charge is 2.32. The number of nitrogens with zero attached hydrogens (tertiary/aromatic N) is 5. The summed E-state index contributed by atoms with van der Waals surface area (Å²) in [5.74, 6) is 1.18. The zero-order valence-corrected chi connectivity index (χ0v) is 14.9. The molecule has 3 aromatic rings. The van der Waals surface area contributed by atoms with E-state index >= 15 is 0 Å². The number of imidazole rings is 1. The molecule has 0 spiro atoms. The largest absolute Gasteiger partial charge is 0.296 e. The van der Waals surface area contributed by atoms with Crippen molar-refractivity contribution in [3.05, 3.63) is 48.3 Å². The van der Waals surface area contributed by atoms with Gasteiger partial charge in [0, 0.05) is 30.4 Å². The molecule has 0 N–H and O–H groups in total. The van der Waals surface area contributed by atoms with Crippen molar-refractivity contribution in [2.75, 3.05) is 11.5 Å². The quantitative estimate of drug-likeness (QED) is 0.717. The van der Waals surface area contributed by atoms with Gasteiger partial charge in [-0.3, -0.25) is 14.2 Å². The number of rotatable bonds is 3. The molecule has 1 aliphatic rings. The Kier molecular flexibility index (Phi) is 3.72. The van der Waals surface area contributed by atoms with Gasteiger partial charge >= 0.3 is 0 Å². The Bertz CT molecular complexity index is 1020. The molecule has 1 atom stereocenters. The number of sulfone groups is 1. The fourth-order valence-electron chi connectivity index (χ4n) is 3.52. The smallest absolute Gasteiger partial charge is 0.152 e. The van der Waals surface area contributed by atoms with Gasteiger partial charge in [-0.05, 0) is 32.4 Å². The second kappa shape index (κ2) is 5.80. The van der Waals surface area contributed by atoms with Gasteiger partial charge < -0.3 is 0 Å². The van der Waals surface area contributed by atoms with Crippen LogP contribution in [0, 0.1) is 13.8 Å². The minimum Gasteiger partial charge on any atom is -0.296 e. The predicted octanol–water partition coefficient (Wildman–Crippen LogP) is 2.11. The van der Waals surface area contributed by atoms with Crippen molar-refractivity contribution in [2.45, 2.75) is 26.3 Å².